The third kappa shape index (κ3) is 5.31. The summed E-state index contributed by atoms with van der Waals surface area (Å²) >= 11 is 0. The molecule has 3 N–H and O–H groups in total. The molecule has 7 atom stereocenters. The summed E-state index contributed by atoms with van der Waals surface area (Å²) in [5.41, 5.74) is 1.07. The maximum atomic E-state index is 12.7. The van der Waals surface area contributed by atoms with Crippen LogP contribution in [-0.2, 0) is 16.0 Å². The maximum Gasteiger partial charge on any atom is 0.224 e. The lowest BCUT2D eigenvalue weighted by molar-refractivity contribution is -0.144. The summed E-state index contributed by atoms with van der Waals surface area (Å²) in [5, 5.41) is 17.7. The zero-order chi connectivity index (χ0) is 22.8. The van der Waals surface area contributed by atoms with Gasteiger partial charge in [0.1, 0.15) is 0 Å². The highest BCUT2D eigenvalue weighted by atomic mass is 16.3. The van der Waals surface area contributed by atoms with Crippen molar-refractivity contribution in [3.63, 3.8) is 0 Å². The maximum absolute atomic E-state index is 12.7. The van der Waals surface area contributed by atoms with E-state index in [1.54, 1.807) is 0 Å². The van der Waals surface area contributed by atoms with E-state index in [2.05, 4.69) is 24.5 Å². The number of fused-ring (bicyclic) bond motifs is 1. The van der Waals surface area contributed by atoms with Crippen molar-refractivity contribution >= 4 is 11.8 Å². The van der Waals surface area contributed by atoms with Crippen LogP contribution in [0.3, 0.4) is 0 Å². The standard InChI is InChI=1S/C26H40N2O3/c1-16(2)27-25(31)17(3)20-11-13-26(5)14-12-21(18(4)23(26)24(20)30)28-22(29)15-19-9-7-6-8-10-19/h6-10,16-18,20-21,23-24,30H,11-15H2,1-5H3,(H,27,31)(H,28,29)/t17-,18+,20?,21-,23+,24-,26-/m0/s1. The number of amides is 2. The second-order valence-electron chi connectivity index (χ2n) is 10.6. The minimum absolute atomic E-state index is 0.0267. The molecule has 172 valence electrons. The van der Waals surface area contributed by atoms with Gasteiger partial charge < -0.3 is 15.7 Å². The minimum atomic E-state index is -0.532. The van der Waals surface area contributed by atoms with Gasteiger partial charge in [-0.1, -0.05) is 51.1 Å². The Morgan fingerprint density at radius 3 is 2.42 bits per heavy atom. The van der Waals surface area contributed by atoms with E-state index >= 15 is 0 Å². The summed E-state index contributed by atoms with van der Waals surface area (Å²) in [6.07, 6.45) is 3.68. The lowest BCUT2D eigenvalue weighted by atomic mass is 9.51. The van der Waals surface area contributed by atoms with Crippen LogP contribution < -0.4 is 10.6 Å². The van der Waals surface area contributed by atoms with Gasteiger partial charge in [0.2, 0.25) is 11.8 Å². The van der Waals surface area contributed by atoms with E-state index in [0.29, 0.717) is 6.42 Å². The number of nitrogens with one attached hydrogen (secondary N) is 2. The fraction of sp³-hybridized carbons (Fsp3) is 0.692. The molecule has 0 aliphatic heterocycles. The van der Waals surface area contributed by atoms with Crippen LogP contribution in [0.4, 0.5) is 0 Å². The van der Waals surface area contributed by atoms with Crippen LogP contribution in [0.25, 0.3) is 0 Å². The van der Waals surface area contributed by atoms with Gasteiger partial charge in [-0.25, -0.2) is 0 Å². The van der Waals surface area contributed by atoms with Crippen LogP contribution in [0.5, 0.6) is 0 Å². The summed E-state index contributed by atoms with van der Waals surface area (Å²) < 4.78 is 0. The molecule has 0 radical (unpaired) electrons. The summed E-state index contributed by atoms with van der Waals surface area (Å²) in [6, 6.07) is 9.95. The molecule has 1 aromatic rings. The average molecular weight is 429 g/mol. The van der Waals surface area contributed by atoms with E-state index in [-0.39, 0.29) is 53.0 Å². The second-order valence-corrected chi connectivity index (χ2v) is 10.6. The Bertz CT molecular complexity index is 765. The molecule has 2 aliphatic rings. The van der Waals surface area contributed by atoms with Crippen molar-refractivity contribution in [2.24, 2.45) is 29.1 Å². The van der Waals surface area contributed by atoms with Gasteiger partial charge in [0.25, 0.3) is 0 Å². The highest BCUT2D eigenvalue weighted by Gasteiger charge is 2.53. The lowest BCUT2D eigenvalue weighted by Crippen LogP contribution is -2.58. The Labute approximate surface area is 187 Å². The third-order valence-electron chi connectivity index (χ3n) is 7.93. The molecular weight excluding hydrogens is 388 g/mol. The average Bonchev–Trinajstić information content (AvgIpc) is 2.70. The molecule has 0 spiro atoms. The van der Waals surface area contributed by atoms with Gasteiger partial charge in [-0.15, -0.1) is 0 Å². The molecule has 1 unspecified atom stereocenters. The molecule has 2 amide bonds. The van der Waals surface area contributed by atoms with Crippen molar-refractivity contribution in [2.45, 2.75) is 84.9 Å². The topological polar surface area (TPSA) is 78.4 Å². The molecule has 0 aromatic heterocycles. The van der Waals surface area contributed by atoms with Crippen LogP contribution in [0.2, 0.25) is 0 Å². The number of rotatable bonds is 6. The number of benzene rings is 1. The van der Waals surface area contributed by atoms with E-state index in [1.807, 2.05) is 51.1 Å². The summed E-state index contributed by atoms with van der Waals surface area (Å²) in [7, 11) is 0. The molecule has 1 aromatic carbocycles. The monoisotopic (exact) mass is 428 g/mol. The highest BCUT2D eigenvalue weighted by Crippen LogP contribution is 2.55. The Kier molecular flexibility index (Phi) is 7.46. The first-order chi connectivity index (χ1) is 14.6. The SMILES string of the molecule is CC(C)NC(=O)[C@@H](C)C1CC[C@@]2(C)CC[C@H](NC(=O)Cc3ccccc3)[C@@H](C)[C@@H]2[C@H]1O. The number of hydrogen-bond donors (Lipinski definition) is 3. The van der Waals surface area contributed by atoms with Gasteiger partial charge in [0.15, 0.2) is 0 Å². The van der Waals surface area contributed by atoms with E-state index < -0.39 is 6.10 Å². The van der Waals surface area contributed by atoms with E-state index in [1.165, 1.54) is 0 Å². The summed E-state index contributed by atoms with van der Waals surface area (Å²) in [6.45, 7) is 10.3. The van der Waals surface area contributed by atoms with Crippen LogP contribution in [0.15, 0.2) is 30.3 Å². The number of aliphatic hydroxyl groups is 1. The Hall–Kier alpha value is -1.88. The quantitative estimate of drug-likeness (QED) is 0.646. The summed E-state index contributed by atoms with van der Waals surface area (Å²) in [5.74, 6) is 0.0465. The largest absolute Gasteiger partial charge is 0.392 e. The Balaban J connectivity index is 1.69. The van der Waals surface area contributed by atoms with Crippen molar-refractivity contribution in [1.29, 1.82) is 0 Å². The van der Waals surface area contributed by atoms with Gasteiger partial charge in [0, 0.05) is 18.0 Å². The second kappa shape index (κ2) is 9.72. The van der Waals surface area contributed by atoms with Gasteiger partial charge in [-0.3, -0.25) is 9.59 Å². The molecule has 0 heterocycles. The third-order valence-corrected chi connectivity index (χ3v) is 7.93. The van der Waals surface area contributed by atoms with E-state index in [9.17, 15) is 14.7 Å². The predicted molar refractivity (Wildman–Crippen MR) is 123 cm³/mol. The van der Waals surface area contributed by atoms with Gasteiger partial charge in [0.05, 0.1) is 12.5 Å². The molecule has 2 fully saturated rings. The summed E-state index contributed by atoms with van der Waals surface area (Å²) in [4.78, 5) is 25.3. The van der Waals surface area contributed by atoms with Crippen LogP contribution in [0, 0.1) is 29.1 Å². The zero-order valence-corrected chi connectivity index (χ0v) is 19.7. The molecule has 3 rings (SSSR count). The first kappa shape index (κ1) is 23.8. The number of hydrogen-bond acceptors (Lipinski definition) is 3. The fourth-order valence-corrected chi connectivity index (χ4v) is 6.15. The first-order valence-electron chi connectivity index (χ1n) is 11.9. The lowest BCUT2D eigenvalue weighted by Gasteiger charge is -2.56. The number of aliphatic hydroxyl groups excluding tert-OH is 1. The molecule has 2 saturated carbocycles. The molecule has 2 aliphatic carbocycles. The van der Waals surface area contributed by atoms with Crippen molar-refractivity contribution in [3.05, 3.63) is 35.9 Å². The molecule has 0 bridgehead atoms. The highest BCUT2D eigenvalue weighted by molar-refractivity contribution is 5.79. The first-order valence-corrected chi connectivity index (χ1v) is 11.9. The van der Waals surface area contributed by atoms with Crippen molar-refractivity contribution in [1.82, 2.24) is 10.6 Å². The molecule has 5 heteroatoms. The van der Waals surface area contributed by atoms with Crippen LogP contribution in [-0.4, -0.2) is 35.1 Å². The Morgan fingerprint density at radius 1 is 1.13 bits per heavy atom. The normalized spacial score (nSPS) is 34.0. The number of carbonyl (C=O) groups excluding carboxylic acids is 2. The van der Waals surface area contributed by atoms with Gasteiger partial charge >= 0.3 is 0 Å². The van der Waals surface area contributed by atoms with Crippen molar-refractivity contribution in [2.75, 3.05) is 0 Å². The smallest absolute Gasteiger partial charge is 0.224 e. The van der Waals surface area contributed by atoms with E-state index in [4.69, 9.17) is 0 Å². The molecule has 5 nitrogen and oxygen atoms in total. The zero-order valence-electron chi connectivity index (χ0n) is 19.7. The van der Waals surface area contributed by atoms with Gasteiger partial charge in [-0.2, -0.15) is 0 Å². The molecule has 0 saturated heterocycles. The molecular formula is C26H40N2O3. The van der Waals surface area contributed by atoms with Crippen molar-refractivity contribution < 1.29 is 14.7 Å². The van der Waals surface area contributed by atoms with Crippen molar-refractivity contribution in [3.8, 4) is 0 Å². The van der Waals surface area contributed by atoms with Gasteiger partial charge in [-0.05, 0) is 68.3 Å². The molecule has 31 heavy (non-hydrogen) atoms. The predicted octanol–water partition coefficient (Wildman–Crippen LogP) is 3.70. The van der Waals surface area contributed by atoms with Crippen LogP contribution in [0.1, 0.15) is 65.9 Å². The fourth-order valence-electron chi connectivity index (χ4n) is 6.15. The minimum Gasteiger partial charge on any atom is -0.392 e. The van der Waals surface area contributed by atoms with E-state index in [0.717, 1.165) is 31.2 Å². The van der Waals surface area contributed by atoms with Crippen LogP contribution >= 0.6 is 0 Å². The Morgan fingerprint density at radius 2 is 1.77 bits per heavy atom. The number of carbonyl (C=O) groups is 2.